The number of benzene rings is 1. The molecule has 0 radical (unpaired) electrons. The van der Waals surface area contributed by atoms with Crippen LogP contribution in [0.25, 0.3) is 0 Å². The molecule has 0 spiro atoms. The van der Waals surface area contributed by atoms with Crippen LogP contribution in [0.2, 0.25) is 5.02 Å². The van der Waals surface area contributed by atoms with Crippen molar-refractivity contribution in [2.75, 3.05) is 32.8 Å². The van der Waals surface area contributed by atoms with E-state index in [4.69, 9.17) is 21.4 Å². The molecule has 1 heterocycles. The minimum Gasteiger partial charge on any atom is -0.491 e. The number of rotatable bonds is 6. The van der Waals surface area contributed by atoms with Crippen LogP contribution >= 0.6 is 11.6 Å². The highest BCUT2D eigenvalue weighted by Gasteiger charge is 2.20. The Balaban J connectivity index is 1.73. The number of β-amino-alcohol motifs (C(OH)–C–C–N with tert-alkyl or cyclic N) is 1. The molecule has 1 saturated heterocycles. The fourth-order valence-corrected chi connectivity index (χ4v) is 2.89. The van der Waals surface area contributed by atoms with E-state index in [1.54, 1.807) is 6.07 Å². The monoisotopic (exact) mass is 313 g/mol. The van der Waals surface area contributed by atoms with Gasteiger partial charge in [0.15, 0.2) is 0 Å². The Hall–Kier alpha value is -0.810. The van der Waals surface area contributed by atoms with E-state index in [1.807, 2.05) is 19.1 Å². The first-order valence-electron chi connectivity index (χ1n) is 7.48. The average Bonchev–Trinajstić information content (AvgIpc) is 2.47. The number of piperidine rings is 1. The van der Waals surface area contributed by atoms with Crippen molar-refractivity contribution < 1.29 is 14.9 Å². The highest BCUT2D eigenvalue weighted by molar-refractivity contribution is 6.30. The SMILES string of the molecule is Cc1cc(Cl)ccc1OCC(O)CN1CCC(CO)CC1. The molecule has 1 aromatic carbocycles. The van der Waals surface area contributed by atoms with Gasteiger partial charge in [0.25, 0.3) is 0 Å². The molecule has 2 N–H and O–H groups in total. The number of ether oxygens (including phenoxy) is 1. The van der Waals surface area contributed by atoms with Gasteiger partial charge in [-0.15, -0.1) is 0 Å². The first-order chi connectivity index (χ1) is 10.1. The second kappa shape index (κ2) is 7.99. The number of likely N-dealkylation sites (tertiary alicyclic amines) is 1. The van der Waals surface area contributed by atoms with Gasteiger partial charge >= 0.3 is 0 Å². The summed E-state index contributed by atoms with van der Waals surface area (Å²) in [5, 5.41) is 19.9. The second-order valence-electron chi connectivity index (χ2n) is 5.80. The van der Waals surface area contributed by atoms with Crippen molar-refractivity contribution >= 4 is 11.6 Å². The molecule has 2 rings (SSSR count). The van der Waals surface area contributed by atoms with Gasteiger partial charge in [0.2, 0.25) is 0 Å². The zero-order chi connectivity index (χ0) is 15.2. The van der Waals surface area contributed by atoms with Crippen LogP contribution in [0.15, 0.2) is 18.2 Å². The standard InChI is InChI=1S/C16H24ClNO3/c1-12-8-14(17)2-3-16(12)21-11-15(20)9-18-6-4-13(10-19)5-7-18/h2-3,8,13,15,19-20H,4-7,9-11H2,1H3. The first-order valence-corrected chi connectivity index (χ1v) is 7.86. The highest BCUT2D eigenvalue weighted by Crippen LogP contribution is 2.22. The Kier molecular flexibility index (Phi) is 6.30. The molecule has 0 aliphatic carbocycles. The van der Waals surface area contributed by atoms with Gasteiger partial charge in [-0.3, -0.25) is 0 Å². The van der Waals surface area contributed by atoms with Crippen molar-refractivity contribution in [1.29, 1.82) is 0 Å². The maximum absolute atomic E-state index is 10.1. The molecule has 0 bridgehead atoms. The van der Waals surface area contributed by atoms with Crippen LogP contribution in [0.5, 0.6) is 5.75 Å². The lowest BCUT2D eigenvalue weighted by Gasteiger charge is -2.32. The van der Waals surface area contributed by atoms with Gasteiger partial charge in [0.1, 0.15) is 18.5 Å². The molecule has 21 heavy (non-hydrogen) atoms. The molecule has 1 aromatic rings. The highest BCUT2D eigenvalue weighted by atomic mass is 35.5. The molecular formula is C16H24ClNO3. The van der Waals surface area contributed by atoms with Crippen LogP contribution in [0.3, 0.4) is 0 Å². The number of hydrogen-bond acceptors (Lipinski definition) is 4. The molecule has 0 amide bonds. The van der Waals surface area contributed by atoms with E-state index in [9.17, 15) is 5.11 Å². The van der Waals surface area contributed by atoms with Gasteiger partial charge in [0, 0.05) is 18.2 Å². The summed E-state index contributed by atoms with van der Waals surface area (Å²) in [4.78, 5) is 2.23. The summed E-state index contributed by atoms with van der Waals surface area (Å²) in [7, 11) is 0. The molecule has 1 atom stereocenters. The van der Waals surface area contributed by atoms with E-state index in [0.29, 0.717) is 17.5 Å². The summed E-state index contributed by atoms with van der Waals surface area (Å²) >= 11 is 5.90. The van der Waals surface area contributed by atoms with Gasteiger partial charge in [-0.25, -0.2) is 0 Å². The second-order valence-corrected chi connectivity index (χ2v) is 6.24. The van der Waals surface area contributed by atoms with E-state index in [2.05, 4.69) is 4.90 Å². The fourth-order valence-electron chi connectivity index (χ4n) is 2.66. The van der Waals surface area contributed by atoms with Crippen LogP contribution in [0.1, 0.15) is 18.4 Å². The van der Waals surface area contributed by atoms with E-state index in [-0.39, 0.29) is 13.2 Å². The summed E-state index contributed by atoms with van der Waals surface area (Å²) < 4.78 is 5.66. The molecule has 1 fully saturated rings. The largest absolute Gasteiger partial charge is 0.491 e. The lowest BCUT2D eigenvalue weighted by atomic mass is 9.98. The number of halogens is 1. The Labute approximate surface area is 131 Å². The molecule has 4 nitrogen and oxygen atoms in total. The molecule has 0 saturated carbocycles. The molecular weight excluding hydrogens is 290 g/mol. The fraction of sp³-hybridized carbons (Fsp3) is 0.625. The molecule has 1 aliphatic rings. The van der Waals surface area contributed by atoms with E-state index < -0.39 is 6.10 Å². The summed E-state index contributed by atoms with van der Waals surface area (Å²) in [5.74, 6) is 1.18. The van der Waals surface area contributed by atoms with Crippen LogP contribution in [-0.4, -0.2) is 54.1 Å². The zero-order valence-corrected chi connectivity index (χ0v) is 13.2. The van der Waals surface area contributed by atoms with Crippen molar-refractivity contribution in [3.63, 3.8) is 0 Å². The minimum absolute atomic E-state index is 0.273. The van der Waals surface area contributed by atoms with Gasteiger partial charge in [-0.1, -0.05) is 11.6 Å². The number of nitrogens with zero attached hydrogens (tertiary/aromatic N) is 1. The Morgan fingerprint density at radius 3 is 2.71 bits per heavy atom. The lowest BCUT2D eigenvalue weighted by Crippen LogP contribution is -2.41. The average molecular weight is 314 g/mol. The van der Waals surface area contributed by atoms with Gasteiger partial charge in [0.05, 0.1) is 0 Å². The normalized spacial score (nSPS) is 18.7. The number of hydrogen-bond donors (Lipinski definition) is 2. The Bertz CT molecular complexity index is 447. The predicted octanol–water partition coefficient (Wildman–Crippen LogP) is 2.09. The number of aliphatic hydroxyl groups excluding tert-OH is 2. The summed E-state index contributed by atoms with van der Waals surface area (Å²) in [6, 6.07) is 5.47. The van der Waals surface area contributed by atoms with E-state index in [0.717, 1.165) is 37.2 Å². The van der Waals surface area contributed by atoms with E-state index >= 15 is 0 Å². The quantitative estimate of drug-likeness (QED) is 0.844. The molecule has 0 aromatic heterocycles. The van der Waals surface area contributed by atoms with Crippen molar-refractivity contribution in [2.24, 2.45) is 5.92 Å². The van der Waals surface area contributed by atoms with Crippen LogP contribution in [0.4, 0.5) is 0 Å². The van der Waals surface area contributed by atoms with Crippen LogP contribution in [-0.2, 0) is 0 Å². The van der Waals surface area contributed by atoms with Crippen molar-refractivity contribution in [2.45, 2.75) is 25.9 Å². The van der Waals surface area contributed by atoms with Crippen LogP contribution < -0.4 is 4.74 Å². The first kappa shape index (κ1) is 16.6. The van der Waals surface area contributed by atoms with E-state index in [1.165, 1.54) is 0 Å². The van der Waals surface area contributed by atoms with Crippen molar-refractivity contribution in [3.8, 4) is 5.75 Å². The topological polar surface area (TPSA) is 52.9 Å². The summed E-state index contributed by atoms with van der Waals surface area (Å²) in [5.41, 5.74) is 0.971. The van der Waals surface area contributed by atoms with Gasteiger partial charge < -0.3 is 19.8 Å². The van der Waals surface area contributed by atoms with Gasteiger partial charge in [-0.2, -0.15) is 0 Å². The predicted molar refractivity (Wildman–Crippen MR) is 83.9 cm³/mol. The third-order valence-corrected chi connectivity index (χ3v) is 4.24. The lowest BCUT2D eigenvalue weighted by molar-refractivity contribution is 0.0487. The van der Waals surface area contributed by atoms with Gasteiger partial charge in [-0.05, 0) is 62.5 Å². The number of aryl methyl sites for hydroxylation is 1. The van der Waals surface area contributed by atoms with Crippen molar-refractivity contribution in [3.05, 3.63) is 28.8 Å². The summed E-state index contributed by atoms with van der Waals surface area (Å²) in [6.45, 7) is 4.97. The maximum atomic E-state index is 10.1. The minimum atomic E-state index is -0.509. The number of aliphatic hydroxyl groups is 2. The molecule has 118 valence electrons. The Morgan fingerprint density at radius 1 is 1.38 bits per heavy atom. The Morgan fingerprint density at radius 2 is 2.10 bits per heavy atom. The third-order valence-electron chi connectivity index (χ3n) is 4.00. The summed E-state index contributed by atoms with van der Waals surface area (Å²) in [6.07, 6.45) is 1.49. The molecule has 5 heteroatoms. The smallest absolute Gasteiger partial charge is 0.122 e. The third kappa shape index (κ3) is 5.15. The van der Waals surface area contributed by atoms with Crippen molar-refractivity contribution in [1.82, 2.24) is 4.90 Å². The molecule has 1 unspecified atom stereocenters. The maximum Gasteiger partial charge on any atom is 0.122 e. The zero-order valence-electron chi connectivity index (χ0n) is 12.5. The van der Waals surface area contributed by atoms with Crippen LogP contribution in [0, 0.1) is 12.8 Å². The molecule has 1 aliphatic heterocycles.